The maximum Gasteiger partial charge on any atom is 0.268 e. The normalized spacial score (nSPS) is 21.9. The molecule has 1 amide bonds. The SMILES string of the molecule is Cc1ccc(C)c2c(C)c(C(=O)N[C@@H]3CC[C@@H](N)C3)[nH]c12. The molecule has 4 N–H and O–H groups in total. The van der Waals surface area contributed by atoms with Gasteiger partial charge in [0.05, 0.1) is 0 Å². The first-order valence-corrected chi connectivity index (χ1v) is 7.62. The minimum absolute atomic E-state index is 0.0124. The highest BCUT2D eigenvalue weighted by Gasteiger charge is 2.25. The standard InChI is InChI=1S/C17H23N3O/c1-9-4-5-10(2)15-14(9)11(3)16(20-15)17(21)19-13-7-6-12(18)8-13/h4-5,12-13,20H,6-8,18H2,1-3H3,(H,19,21)/t12-,13-/m1/s1. The number of aromatic nitrogens is 1. The fourth-order valence-electron chi connectivity index (χ4n) is 3.43. The summed E-state index contributed by atoms with van der Waals surface area (Å²) in [4.78, 5) is 15.9. The fourth-order valence-corrected chi connectivity index (χ4v) is 3.43. The monoisotopic (exact) mass is 285 g/mol. The van der Waals surface area contributed by atoms with E-state index in [0.717, 1.165) is 30.3 Å². The van der Waals surface area contributed by atoms with Crippen LogP contribution in [0.15, 0.2) is 12.1 Å². The number of nitrogens with two attached hydrogens (primary N) is 1. The van der Waals surface area contributed by atoms with Crippen molar-refractivity contribution in [3.8, 4) is 0 Å². The molecule has 4 heteroatoms. The number of hydrogen-bond donors (Lipinski definition) is 3. The van der Waals surface area contributed by atoms with E-state index in [1.54, 1.807) is 0 Å². The highest BCUT2D eigenvalue weighted by molar-refractivity contribution is 6.02. The van der Waals surface area contributed by atoms with Gasteiger partial charge in [0.1, 0.15) is 5.69 Å². The fraction of sp³-hybridized carbons (Fsp3) is 0.471. The minimum atomic E-state index is -0.0124. The van der Waals surface area contributed by atoms with Crippen LogP contribution in [0.4, 0.5) is 0 Å². The molecule has 0 radical (unpaired) electrons. The largest absolute Gasteiger partial charge is 0.350 e. The van der Waals surface area contributed by atoms with Gasteiger partial charge < -0.3 is 16.0 Å². The summed E-state index contributed by atoms with van der Waals surface area (Å²) in [7, 11) is 0. The van der Waals surface area contributed by atoms with Crippen molar-refractivity contribution in [3.05, 3.63) is 34.5 Å². The van der Waals surface area contributed by atoms with Crippen LogP contribution in [-0.4, -0.2) is 23.0 Å². The average Bonchev–Trinajstić information content (AvgIpc) is 2.99. The van der Waals surface area contributed by atoms with Crippen molar-refractivity contribution in [1.82, 2.24) is 10.3 Å². The first-order valence-electron chi connectivity index (χ1n) is 7.62. The number of carbonyl (C=O) groups excluding carboxylic acids is 1. The first kappa shape index (κ1) is 14.1. The summed E-state index contributed by atoms with van der Waals surface area (Å²) >= 11 is 0. The number of aryl methyl sites for hydroxylation is 3. The number of nitrogens with one attached hydrogen (secondary N) is 2. The molecule has 1 aliphatic rings. The number of aromatic amines is 1. The maximum atomic E-state index is 12.5. The van der Waals surface area contributed by atoms with Crippen molar-refractivity contribution in [2.75, 3.05) is 0 Å². The van der Waals surface area contributed by atoms with Crippen molar-refractivity contribution < 1.29 is 4.79 Å². The lowest BCUT2D eigenvalue weighted by Gasteiger charge is -2.12. The van der Waals surface area contributed by atoms with E-state index in [4.69, 9.17) is 5.73 Å². The molecule has 1 aliphatic carbocycles. The molecule has 21 heavy (non-hydrogen) atoms. The van der Waals surface area contributed by atoms with Gasteiger partial charge in [0.2, 0.25) is 0 Å². The Morgan fingerprint density at radius 3 is 2.57 bits per heavy atom. The van der Waals surface area contributed by atoms with E-state index >= 15 is 0 Å². The molecule has 3 rings (SSSR count). The number of H-pyrrole nitrogens is 1. The summed E-state index contributed by atoms with van der Waals surface area (Å²) < 4.78 is 0. The number of benzene rings is 1. The topological polar surface area (TPSA) is 70.9 Å². The molecule has 112 valence electrons. The number of fused-ring (bicyclic) bond motifs is 1. The molecular formula is C17H23N3O. The molecule has 4 nitrogen and oxygen atoms in total. The maximum absolute atomic E-state index is 12.5. The van der Waals surface area contributed by atoms with Gasteiger partial charge >= 0.3 is 0 Å². The van der Waals surface area contributed by atoms with Crippen LogP contribution in [0.25, 0.3) is 10.9 Å². The number of carbonyl (C=O) groups is 1. The van der Waals surface area contributed by atoms with Crippen LogP contribution in [0, 0.1) is 20.8 Å². The van der Waals surface area contributed by atoms with Crippen molar-refractivity contribution in [1.29, 1.82) is 0 Å². The van der Waals surface area contributed by atoms with E-state index in [1.165, 1.54) is 16.5 Å². The van der Waals surface area contributed by atoms with Crippen LogP contribution >= 0.6 is 0 Å². The predicted molar refractivity (Wildman–Crippen MR) is 85.6 cm³/mol. The Bertz CT molecular complexity index is 702. The van der Waals surface area contributed by atoms with Crippen molar-refractivity contribution >= 4 is 16.8 Å². The second-order valence-corrected chi connectivity index (χ2v) is 6.32. The van der Waals surface area contributed by atoms with Crippen LogP contribution in [-0.2, 0) is 0 Å². The molecule has 1 fully saturated rings. The minimum Gasteiger partial charge on any atom is -0.350 e. The molecule has 0 unspecified atom stereocenters. The zero-order valence-electron chi connectivity index (χ0n) is 12.9. The third-order valence-electron chi connectivity index (χ3n) is 4.66. The van der Waals surface area contributed by atoms with Gasteiger partial charge in [-0.25, -0.2) is 0 Å². The molecule has 1 aromatic heterocycles. The predicted octanol–water partition coefficient (Wildman–Crippen LogP) is 2.70. The molecular weight excluding hydrogens is 262 g/mol. The molecule has 1 saturated carbocycles. The molecule has 0 bridgehead atoms. The van der Waals surface area contributed by atoms with E-state index in [9.17, 15) is 4.79 Å². The summed E-state index contributed by atoms with van der Waals surface area (Å²) in [5.41, 5.74) is 11.1. The third-order valence-corrected chi connectivity index (χ3v) is 4.66. The van der Waals surface area contributed by atoms with Gasteiger partial charge in [-0.1, -0.05) is 12.1 Å². The van der Waals surface area contributed by atoms with Crippen molar-refractivity contribution in [2.24, 2.45) is 5.73 Å². The van der Waals surface area contributed by atoms with Crippen LogP contribution in [0.2, 0.25) is 0 Å². The van der Waals surface area contributed by atoms with Gasteiger partial charge in [0, 0.05) is 23.0 Å². The lowest BCUT2D eigenvalue weighted by Crippen LogP contribution is -2.34. The van der Waals surface area contributed by atoms with Gasteiger partial charge in [-0.15, -0.1) is 0 Å². The Morgan fingerprint density at radius 1 is 1.24 bits per heavy atom. The van der Waals surface area contributed by atoms with Crippen molar-refractivity contribution in [2.45, 2.75) is 52.1 Å². The molecule has 0 spiro atoms. The van der Waals surface area contributed by atoms with E-state index < -0.39 is 0 Å². The highest BCUT2D eigenvalue weighted by Crippen LogP contribution is 2.28. The van der Waals surface area contributed by atoms with E-state index in [2.05, 4.69) is 36.3 Å². The molecule has 0 aliphatic heterocycles. The molecule has 2 atom stereocenters. The first-order chi connectivity index (χ1) is 9.97. The summed E-state index contributed by atoms with van der Waals surface area (Å²) in [5, 5.41) is 4.29. The summed E-state index contributed by atoms with van der Waals surface area (Å²) in [6.07, 6.45) is 2.85. The number of rotatable bonds is 2. The Labute approximate surface area is 125 Å². The molecule has 1 heterocycles. The molecule has 0 saturated heterocycles. The zero-order chi connectivity index (χ0) is 15.1. The zero-order valence-corrected chi connectivity index (χ0v) is 12.9. The smallest absolute Gasteiger partial charge is 0.268 e. The lowest BCUT2D eigenvalue weighted by atomic mass is 10.0. The number of hydrogen-bond acceptors (Lipinski definition) is 2. The van der Waals surface area contributed by atoms with Gasteiger partial charge in [0.25, 0.3) is 5.91 Å². The van der Waals surface area contributed by atoms with Crippen LogP contribution < -0.4 is 11.1 Å². The second kappa shape index (κ2) is 5.19. The van der Waals surface area contributed by atoms with Crippen LogP contribution in [0.1, 0.15) is 46.4 Å². The Morgan fingerprint density at radius 2 is 1.95 bits per heavy atom. The third kappa shape index (κ3) is 2.44. The Hall–Kier alpha value is -1.81. The lowest BCUT2D eigenvalue weighted by molar-refractivity contribution is 0.0933. The van der Waals surface area contributed by atoms with Crippen LogP contribution in [0.5, 0.6) is 0 Å². The summed E-state index contributed by atoms with van der Waals surface area (Å²) in [6.45, 7) is 6.16. The van der Waals surface area contributed by atoms with Gasteiger partial charge in [0.15, 0.2) is 0 Å². The van der Waals surface area contributed by atoms with Gasteiger partial charge in [-0.3, -0.25) is 4.79 Å². The number of amides is 1. The van der Waals surface area contributed by atoms with E-state index in [1.807, 2.05) is 6.92 Å². The molecule has 1 aromatic carbocycles. The Kier molecular flexibility index (Phi) is 3.49. The summed E-state index contributed by atoms with van der Waals surface area (Å²) in [6, 6.07) is 4.63. The van der Waals surface area contributed by atoms with E-state index in [-0.39, 0.29) is 18.0 Å². The Balaban J connectivity index is 1.93. The summed E-state index contributed by atoms with van der Waals surface area (Å²) in [5.74, 6) is -0.0124. The second-order valence-electron chi connectivity index (χ2n) is 6.32. The van der Waals surface area contributed by atoms with Crippen molar-refractivity contribution in [3.63, 3.8) is 0 Å². The van der Waals surface area contributed by atoms with E-state index in [0.29, 0.717) is 5.69 Å². The quantitative estimate of drug-likeness (QED) is 0.794. The average molecular weight is 285 g/mol. The van der Waals surface area contributed by atoms with Gasteiger partial charge in [-0.05, 0) is 56.7 Å². The van der Waals surface area contributed by atoms with Gasteiger partial charge in [-0.2, -0.15) is 0 Å². The highest BCUT2D eigenvalue weighted by atomic mass is 16.1. The van der Waals surface area contributed by atoms with Crippen LogP contribution in [0.3, 0.4) is 0 Å². The molecule has 2 aromatic rings.